The van der Waals surface area contributed by atoms with Crippen LogP contribution in [0.3, 0.4) is 0 Å². The van der Waals surface area contributed by atoms with E-state index in [4.69, 9.17) is 11.6 Å². The van der Waals surface area contributed by atoms with Gasteiger partial charge in [0.25, 0.3) is 0 Å². The predicted octanol–water partition coefficient (Wildman–Crippen LogP) is 7.11. The number of halogens is 1. The van der Waals surface area contributed by atoms with E-state index in [1.807, 2.05) is 12.1 Å². The maximum Gasteiger partial charge on any atom is 0.0406 e. The van der Waals surface area contributed by atoms with Crippen LogP contribution in [0.15, 0.2) is 54.6 Å². The Morgan fingerprint density at radius 3 is 2.32 bits per heavy atom. The van der Waals surface area contributed by atoms with Crippen molar-refractivity contribution in [2.24, 2.45) is 17.8 Å². The topological polar surface area (TPSA) is 0 Å². The van der Waals surface area contributed by atoms with E-state index < -0.39 is 0 Å². The van der Waals surface area contributed by atoms with Gasteiger partial charge in [-0.15, -0.1) is 0 Å². The molecule has 0 radical (unpaired) electrons. The molecule has 4 unspecified atom stereocenters. The van der Waals surface area contributed by atoms with Crippen molar-refractivity contribution in [3.8, 4) is 0 Å². The number of hydrogen-bond donors (Lipinski definition) is 0. The van der Waals surface area contributed by atoms with Crippen molar-refractivity contribution >= 4 is 24.8 Å². The number of benzene rings is 2. The molecule has 0 nitrogen and oxygen atoms in total. The fraction of sp³-hybridized carbons (Fsp3) is 0.478. The summed E-state index contributed by atoms with van der Waals surface area (Å²) in [6.07, 6.45) is 5.36. The van der Waals surface area contributed by atoms with Crippen LogP contribution in [0, 0.1) is 17.8 Å². The van der Waals surface area contributed by atoms with Gasteiger partial charge in [-0.2, -0.15) is 0 Å². The number of rotatable bonds is 5. The molecule has 1 aliphatic rings. The molecule has 4 atom stereocenters. The van der Waals surface area contributed by atoms with Gasteiger partial charge in [0.15, 0.2) is 0 Å². The largest absolute Gasteiger partial charge is 0.0843 e. The van der Waals surface area contributed by atoms with Gasteiger partial charge in [0, 0.05) is 5.02 Å². The van der Waals surface area contributed by atoms with Crippen LogP contribution in [0.2, 0.25) is 5.02 Å². The molecule has 0 amide bonds. The molecule has 0 aliphatic heterocycles. The zero-order valence-electron chi connectivity index (χ0n) is 15.7. The second kappa shape index (κ2) is 8.70. The molecule has 2 aromatic rings. The average molecular weight is 373 g/mol. The first kappa shape index (κ1) is 18.9. The first-order valence-corrected chi connectivity index (χ1v) is 11.6. The van der Waals surface area contributed by atoms with E-state index in [2.05, 4.69) is 63.2 Å². The van der Waals surface area contributed by atoms with E-state index in [-0.39, 0.29) is 7.92 Å². The van der Waals surface area contributed by atoms with Gasteiger partial charge in [0.2, 0.25) is 0 Å². The minimum Gasteiger partial charge on any atom is -0.0843 e. The summed E-state index contributed by atoms with van der Waals surface area (Å²) in [7, 11) is -0.201. The summed E-state index contributed by atoms with van der Waals surface area (Å²) in [5.41, 5.74) is 2.26. The van der Waals surface area contributed by atoms with Gasteiger partial charge in [-0.05, 0) is 65.4 Å². The van der Waals surface area contributed by atoms with E-state index >= 15 is 0 Å². The maximum absolute atomic E-state index is 6.10. The predicted molar refractivity (Wildman–Crippen MR) is 113 cm³/mol. The Morgan fingerprint density at radius 1 is 1.00 bits per heavy atom. The molecule has 0 aromatic heterocycles. The molecule has 25 heavy (non-hydrogen) atoms. The monoisotopic (exact) mass is 372 g/mol. The molecule has 1 fully saturated rings. The molecule has 134 valence electrons. The van der Waals surface area contributed by atoms with Gasteiger partial charge < -0.3 is 0 Å². The van der Waals surface area contributed by atoms with E-state index in [9.17, 15) is 0 Å². The third kappa shape index (κ3) is 4.87. The van der Waals surface area contributed by atoms with Gasteiger partial charge in [0.1, 0.15) is 0 Å². The van der Waals surface area contributed by atoms with E-state index in [1.54, 1.807) is 5.30 Å². The molecular weight excluding hydrogens is 343 g/mol. The normalized spacial score (nSPS) is 25.1. The van der Waals surface area contributed by atoms with Crippen LogP contribution in [0.5, 0.6) is 0 Å². The molecule has 0 N–H and O–H groups in total. The zero-order chi connectivity index (χ0) is 17.8. The highest BCUT2D eigenvalue weighted by molar-refractivity contribution is 7.65. The highest BCUT2D eigenvalue weighted by atomic mass is 35.5. The van der Waals surface area contributed by atoms with Crippen molar-refractivity contribution in [3.05, 3.63) is 65.2 Å². The summed E-state index contributed by atoms with van der Waals surface area (Å²) >= 11 is 6.10. The summed E-state index contributed by atoms with van der Waals surface area (Å²) in [5.74, 6) is 2.49. The SMILES string of the molecule is CC1CCC(C(C)C)C(P(Cc2ccc(Cl)cc2)c2ccccc2)C1. The van der Waals surface area contributed by atoms with Crippen molar-refractivity contribution in [2.75, 3.05) is 0 Å². The lowest BCUT2D eigenvalue weighted by Gasteiger charge is -2.42. The van der Waals surface area contributed by atoms with Crippen LogP contribution in [0.4, 0.5) is 0 Å². The Morgan fingerprint density at radius 2 is 1.68 bits per heavy atom. The zero-order valence-corrected chi connectivity index (χ0v) is 17.3. The number of hydrogen-bond acceptors (Lipinski definition) is 0. The lowest BCUT2D eigenvalue weighted by atomic mass is 9.77. The van der Waals surface area contributed by atoms with E-state index in [0.717, 1.165) is 28.4 Å². The second-order valence-electron chi connectivity index (χ2n) is 7.98. The Kier molecular flexibility index (Phi) is 6.59. The third-order valence-corrected chi connectivity index (χ3v) is 9.06. The van der Waals surface area contributed by atoms with Gasteiger partial charge in [-0.3, -0.25) is 0 Å². The Balaban J connectivity index is 1.93. The molecular formula is C23H30ClP. The molecule has 3 rings (SSSR count). The van der Waals surface area contributed by atoms with Gasteiger partial charge in [-0.25, -0.2) is 0 Å². The van der Waals surface area contributed by atoms with Gasteiger partial charge >= 0.3 is 0 Å². The molecule has 1 saturated carbocycles. The molecule has 0 bridgehead atoms. The average Bonchev–Trinajstić information content (AvgIpc) is 2.61. The van der Waals surface area contributed by atoms with E-state index in [0.29, 0.717) is 0 Å². The minimum absolute atomic E-state index is 0.201. The lowest BCUT2D eigenvalue weighted by Crippen LogP contribution is -2.33. The van der Waals surface area contributed by atoms with Gasteiger partial charge in [0.05, 0.1) is 0 Å². The van der Waals surface area contributed by atoms with Crippen molar-refractivity contribution in [3.63, 3.8) is 0 Å². The van der Waals surface area contributed by atoms with Crippen LogP contribution in [0.25, 0.3) is 0 Å². The van der Waals surface area contributed by atoms with E-state index in [1.165, 1.54) is 31.0 Å². The highest BCUT2D eigenvalue weighted by Crippen LogP contribution is 2.54. The third-order valence-electron chi connectivity index (χ3n) is 5.74. The molecule has 0 spiro atoms. The van der Waals surface area contributed by atoms with Crippen molar-refractivity contribution in [2.45, 2.75) is 51.9 Å². The minimum atomic E-state index is -0.201. The van der Waals surface area contributed by atoms with Crippen LogP contribution in [-0.4, -0.2) is 5.66 Å². The Labute approximate surface area is 159 Å². The standard InChI is InChI=1S/C23H30ClP/c1-17(2)22-14-9-18(3)15-23(22)25(21-7-5-4-6-8-21)16-19-10-12-20(24)13-11-19/h4-8,10-13,17-18,22-23H,9,14-16H2,1-3H3. The molecule has 0 heterocycles. The summed E-state index contributed by atoms with van der Waals surface area (Å²) in [6, 6.07) is 19.8. The van der Waals surface area contributed by atoms with Crippen LogP contribution < -0.4 is 5.30 Å². The van der Waals surface area contributed by atoms with Crippen molar-refractivity contribution in [1.29, 1.82) is 0 Å². The Hall–Kier alpha value is -0.840. The fourth-order valence-electron chi connectivity index (χ4n) is 4.32. The van der Waals surface area contributed by atoms with Crippen LogP contribution in [-0.2, 0) is 6.16 Å². The van der Waals surface area contributed by atoms with Crippen LogP contribution in [0.1, 0.15) is 45.6 Å². The molecule has 2 heteroatoms. The van der Waals surface area contributed by atoms with Gasteiger partial charge in [-0.1, -0.05) is 89.2 Å². The first-order valence-electron chi connectivity index (χ1n) is 9.60. The second-order valence-corrected chi connectivity index (χ2v) is 10.9. The Bertz CT molecular complexity index is 650. The first-order chi connectivity index (χ1) is 12.0. The summed E-state index contributed by atoms with van der Waals surface area (Å²) in [5, 5.41) is 2.40. The van der Waals surface area contributed by atoms with Crippen molar-refractivity contribution in [1.82, 2.24) is 0 Å². The molecule has 0 saturated heterocycles. The summed E-state index contributed by atoms with van der Waals surface area (Å²) < 4.78 is 0. The molecule has 2 aromatic carbocycles. The summed E-state index contributed by atoms with van der Waals surface area (Å²) in [4.78, 5) is 0. The summed E-state index contributed by atoms with van der Waals surface area (Å²) in [6.45, 7) is 7.30. The lowest BCUT2D eigenvalue weighted by molar-refractivity contribution is 0.241. The molecule has 1 aliphatic carbocycles. The quantitative estimate of drug-likeness (QED) is 0.490. The highest BCUT2D eigenvalue weighted by Gasteiger charge is 2.36. The van der Waals surface area contributed by atoms with Crippen LogP contribution >= 0.6 is 19.5 Å². The van der Waals surface area contributed by atoms with Crippen molar-refractivity contribution < 1.29 is 0 Å². The smallest absolute Gasteiger partial charge is 0.0406 e. The maximum atomic E-state index is 6.10. The fourth-order valence-corrected chi connectivity index (χ4v) is 7.97.